The van der Waals surface area contributed by atoms with Gasteiger partial charge in [-0.25, -0.2) is 0 Å². The van der Waals surface area contributed by atoms with Crippen molar-refractivity contribution in [3.05, 3.63) is 34.9 Å². The number of benzene rings is 1. The highest BCUT2D eigenvalue weighted by atomic mass is 16.2. The van der Waals surface area contributed by atoms with Gasteiger partial charge < -0.3 is 10.2 Å². The van der Waals surface area contributed by atoms with Crippen molar-refractivity contribution >= 4 is 11.8 Å². The fraction of sp³-hybridized carbons (Fsp3) is 0.652. The maximum Gasteiger partial charge on any atom is 0.254 e. The van der Waals surface area contributed by atoms with Crippen molar-refractivity contribution in [1.29, 1.82) is 0 Å². The zero-order valence-electron chi connectivity index (χ0n) is 17.2. The standard InChI is InChI=1S/C23H33N3O2/c1-16-5-3-6-17(2)21(16)23(28)25-13-10-20(11-14-25)26-12-4-7-18(15-26)22(27)24-19-8-9-19/h3,5-6,18-20H,4,7-15H2,1-2H3,(H,24,27)/t18-/m0/s1. The van der Waals surface area contributed by atoms with Gasteiger partial charge in [0.25, 0.3) is 5.91 Å². The molecule has 1 atom stereocenters. The highest BCUT2D eigenvalue weighted by Crippen LogP contribution is 2.27. The van der Waals surface area contributed by atoms with Gasteiger partial charge >= 0.3 is 0 Å². The molecule has 0 aromatic heterocycles. The van der Waals surface area contributed by atoms with E-state index < -0.39 is 0 Å². The third-order valence-corrected chi connectivity index (χ3v) is 6.71. The number of carbonyl (C=O) groups is 2. The number of hydrogen-bond donors (Lipinski definition) is 1. The second-order valence-electron chi connectivity index (χ2n) is 8.91. The monoisotopic (exact) mass is 383 g/mol. The highest BCUT2D eigenvalue weighted by Gasteiger charge is 2.34. The Morgan fingerprint density at radius 3 is 2.29 bits per heavy atom. The molecule has 1 aliphatic carbocycles. The topological polar surface area (TPSA) is 52.7 Å². The van der Waals surface area contributed by atoms with Crippen LogP contribution in [0, 0.1) is 19.8 Å². The van der Waals surface area contributed by atoms with E-state index in [9.17, 15) is 9.59 Å². The lowest BCUT2D eigenvalue weighted by Crippen LogP contribution is -2.51. The Labute approximate surface area is 168 Å². The predicted octanol–water partition coefficient (Wildman–Crippen LogP) is 2.90. The van der Waals surface area contributed by atoms with Gasteiger partial charge in [0, 0.05) is 37.3 Å². The first-order valence-electron chi connectivity index (χ1n) is 10.9. The third kappa shape index (κ3) is 4.24. The van der Waals surface area contributed by atoms with Gasteiger partial charge in [-0.15, -0.1) is 0 Å². The van der Waals surface area contributed by atoms with Crippen LogP contribution in [0.5, 0.6) is 0 Å². The number of likely N-dealkylation sites (tertiary alicyclic amines) is 2. The van der Waals surface area contributed by atoms with E-state index in [0.717, 1.165) is 81.4 Å². The lowest BCUT2D eigenvalue weighted by Gasteiger charge is -2.42. The number of nitrogens with one attached hydrogen (secondary N) is 1. The Hall–Kier alpha value is -1.88. The molecule has 0 spiro atoms. The summed E-state index contributed by atoms with van der Waals surface area (Å²) < 4.78 is 0. The molecule has 2 aliphatic heterocycles. The van der Waals surface area contributed by atoms with Gasteiger partial charge in [0.05, 0.1) is 5.92 Å². The lowest BCUT2D eigenvalue weighted by molar-refractivity contribution is -0.127. The van der Waals surface area contributed by atoms with Crippen LogP contribution in [0.25, 0.3) is 0 Å². The van der Waals surface area contributed by atoms with Crippen LogP contribution >= 0.6 is 0 Å². The summed E-state index contributed by atoms with van der Waals surface area (Å²) in [5.74, 6) is 0.577. The van der Waals surface area contributed by atoms with E-state index in [1.54, 1.807) is 0 Å². The van der Waals surface area contributed by atoms with E-state index >= 15 is 0 Å². The summed E-state index contributed by atoms with van der Waals surface area (Å²) in [7, 11) is 0. The Kier molecular flexibility index (Phi) is 5.72. The molecule has 2 saturated heterocycles. The van der Waals surface area contributed by atoms with Crippen molar-refractivity contribution < 1.29 is 9.59 Å². The van der Waals surface area contributed by atoms with E-state index in [-0.39, 0.29) is 17.7 Å². The van der Waals surface area contributed by atoms with E-state index in [2.05, 4.69) is 10.2 Å². The maximum absolute atomic E-state index is 13.0. The molecule has 1 saturated carbocycles. The van der Waals surface area contributed by atoms with Gasteiger partial charge in [-0.1, -0.05) is 18.2 Å². The Balaban J connectivity index is 1.32. The van der Waals surface area contributed by atoms with E-state index in [0.29, 0.717) is 12.1 Å². The molecule has 0 unspecified atom stereocenters. The zero-order chi connectivity index (χ0) is 19.7. The Morgan fingerprint density at radius 1 is 0.964 bits per heavy atom. The molecule has 3 fully saturated rings. The molecular weight excluding hydrogens is 350 g/mol. The molecule has 28 heavy (non-hydrogen) atoms. The summed E-state index contributed by atoms with van der Waals surface area (Å²) in [6.45, 7) is 7.64. The predicted molar refractivity (Wildman–Crippen MR) is 110 cm³/mol. The van der Waals surface area contributed by atoms with Crippen LogP contribution in [0.4, 0.5) is 0 Å². The van der Waals surface area contributed by atoms with E-state index in [4.69, 9.17) is 0 Å². The molecule has 2 amide bonds. The second-order valence-corrected chi connectivity index (χ2v) is 8.91. The Bertz CT molecular complexity index is 715. The zero-order valence-corrected chi connectivity index (χ0v) is 17.2. The summed E-state index contributed by atoms with van der Waals surface area (Å²) in [5, 5.41) is 3.18. The van der Waals surface area contributed by atoms with E-state index in [1.165, 1.54) is 0 Å². The van der Waals surface area contributed by atoms with Crippen molar-refractivity contribution in [1.82, 2.24) is 15.1 Å². The minimum atomic E-state index is 0.142. The first-order chi connectivity index (χ1) is 13.5. The average molecular weight is 384 g/mol. The highest BCUT2D eigenvalue weighted by molar-refractivity contribution is 5.97. The molecule has 0 radical (unpaired) electrons. The lowest BCUT2D eigenvalue weighted by atomic mass is 9.92. The number of aryl methyl sites for hydroxylation is 2. The summed E-state index contributed by atoms with van der Waals surface area (Å²) in [5.41, 5.74) is 3.00. The van der Waals surface area contributed by atoms with Gasteiger partial charge in [-0.05, 0) is 70.0 Å². The van der Waals surface area contributed by atoms with Crippen molar-refractivity contribution in [3.63, 3.8) is 0 Å². The average Bonchev–Trinajstić information content (AvgIpc) is 3.52. The van der Waals surface area contributed by atoms with Gasteiger partial charge in [0.2, 0.25) is 5.91 Å². The van der Waals surface area contributed by atoms with Crippen molar-refractivity contribution in [2.24, 2.45) is 5.92 Å². The minimum absolute atomic E-state index is 0.142. The van der Waals surface area contributed by atoms with Crippen LogP contribution < -0.4 is 5.32 Å². The van der Waals surface area contributed by atoms with Gasteiger partial charge in [0.1, 0.15) is 0 Å². The molecule has 152 valence electrons. The molecule has 5 nitrogen and oxygen atoms in total. The summed E-state index contributed by atoms with van der Waals surface area (Å²) in [6, 6.07) is 7.00. The summed E-state index contributed by atoms with van der Waals surface area (Å²) >= 11 is 0. The number of carbonyl (C=O) groups excluding carboxylic acids is 2. The van der Waals surface area contributed by atoms with Crippen LogP contribution in [-0.4, -0.2) is 59.9 Å². The molecule has 1 N–H and O–H groups in total. The second kappa shape index (κ2) is 8.24. The maximum atomic E-state index is 13.0. The largest absolute Gasteiger partial charge is 0.353 e. The Morgan fingerprint density at radius 2 is 1.64 bits per heavy atom. The number of hydrogen-bond acceptors (Lipinski definition) is 3. The van der Waals surface area contributed by atoms with E-state index in [1.807, 2.05) is 36.9 Å². The van der Waals surface area contributed by atoms with Crippen molar-refractivity contribution in [3.8, 4) is 0 Å². The van der Waals surface area contributed by atoms with Gasteiger partial charge in [-0.2, -0.15) is 0 Å². The quantitative estimate of drug-likeness (QED) is 0.870. The SMILES string of the molecule is Cc1cccc(C)c1C(=O)N1CCC(N2CCC[C@H](C(=O)NC3CC3)C2)CC1. The number of rotatable bonds is 4. The first kappa shape index (κ1) is 19.4. The minimum Gasteiger partial charge on any atom is -0.353 e. The molecule has 1 aromatic rings. The number of amides is 2. The van der Waals surface area contributed by atoms with Crippen molar-refractivity contribution in [2.75, 3.05) is 26.2 Å². The van der Waals surface area contributed by atoms with Gasteiger partial charge in [-0.3, -0.25) is 14.5 Å². The molecule has 1 aromatic carbocycles. The molecule has 0 bridgehead atoms. The molecule has 2 heterocycles. The normalized spacial score (nSPS) is 24.2. The summed E-state index contributed by atoms with van der Waals surface area (Å²) in [4.78, 5) is 30.0. The molecule has 3 aliphatic rings. The van der Waals surface area contributed by atoms with Crippen LogP contribution in [0.3, 0.4) is 0 Å². The fourth-order valence-electron chi connectivity index (χ4n) is 4.84. The van der Waals surface area contributed by atoms with Crippen LogP contribution in [0.2, 0.25) is 0 Å². The number of nitrogens with zero attached hydrogens (tertiary/aromatic N) is 2. The molecule has 4 rings (SSSR count). The molecular formula is C23H33N3O2. The first-order valence-corrected chi connectivity index (χ1v) is 10.9. The van der Waals surface area contributed by atoms with Crippen LogP contribution in [0.1, 0.15) is 60.0 Å². The van der Waals surface area contributed by atoms with Crippen molar-refractivity contribution in [2.45, 2.75) is 64.5 Å². The van der Waals surface area contributed by atoms with Crippen LogP contribution in [0.15, 0.2) is 18.2 Å². The van der Waals surface area contributed by atoms with Gasteiger partial charge in [0.15, 0.2) is 0 Å². The number of piperidine rings is 2. The van der Waals surface area contributed by atoms with Crippen LogP contribution in [-0.2, 0) is 4.79 Å². The fourth-order valence-corrected chi connectivity index (χ4v) is 4.84. The summed E-state index contributed by atoms with van der Waals surface area (Å²) in [6.07, 6.45) is 6.43. The smallest absolute Gasteiger partial charge is 0.254 e. The third-order valence-electron chi connectivity index (χ3n) is 6.71. The molecule has 5 heteroatoms.